The monoisotopic (exact) mass is 364 g/mol. The van der Waals surface area contributed by atoms with Crippen LogP contribution < -0.4 is 5.32 Å². The molecule has 25 heavy (non-hydrogen) atoms. The molecule has 1 N–H and O–H groups in total. The van der Waals surface area contributed by atoms with Crippen molar-refractivity contribution in [2.24, 2.45) is 0 Å². The maximum absolute atomic E-state index is 12.6. The van der Waals surface area contributed by atoms with Gasteiger partial charge in [-0.2, -0.15) is 11.8 Å². The standard InChI is InChI=1S/C17H20N2O5S/c1-10(17(23)24-2)18-14(20)13(8-9-25-3)19-15(21)11-6-4-5-7-12(11)16(19)22/h4-7,10,13H,8-9H2,1-3H3,(H,18,20). The molecule has 8 heteroatoms. The second-order valence-corrected chi connectivity index (χ2v) is 6.56. The number of ether oxygens (including phenoxy) is 1. The van der Waals surface area contributed by atoms with Gasteiger partial charge in [-0.15, -0.1) is 0 Å². The Labute approximate surface area is 150 Å². The summed E-state index contributed by atoms with van der Waals surface area (Å²) < 4.78 is 4.59. The first-order chi connectivity index (χ1) is 11.9. The minimum atomic E-state index is -0.980. The van der Waals surface area contributed by atoms with Crippen molar-refractivity contribution in [3.63, 3.8) is 0 Å². The number of thioether (sulfide) groups is 1. The first-order valence-corrected chi connectivity index (χ1v) is 9.15. The minimum absolute atomic E-state index is 0.287. The maximum atomic E-state index is 12.6. The highest BCUT2D eigenvalue weighted by Crippen LogP contribution is 2.26. The predicted molar refractivity (Wildman–Crippen MR) is 93.3 cm³/mol. The van der Waals surface area contributed by atoms with Gasteiger partial charge in [0, 0.05) is 0 Å². The molecule has 0 aromatic heterocycles. The highest BCUT2D eigenvalue weighted by atomic mass is 32.2. The van der Waals surface area contributed by atoms with Gasteiger partial charge in [0.2, 0.25) is 5.91 Å². The SMILES string of the molecule is COC(=O)C(C)NC(=O)C(CCSC)N1C(=O)c2ccccc2C1=O. The van der Waals surface area contributed by atoms with E-state index in [9.17, 15) is 19.2 Å². The van der Waals surface area contributed by atoms with E-state index in [0.29, 0.717) is 12.2 Å². The quantitative estimate of drug-likeness (QED) is 0.575. The van der Waals surface area contributed by atoms with E-state index in [0.717, 1.165) is 4.90 Å². The number of hydrogen-bond acceptors (Lipinski definition) is 6. The molecule has 1 heterocycles. The van der Waals surface area contributed by atoms with Crippen LogP contribution in [0.1, 0.15) is 34.1 Å². The Morgan fingerprint density at radius 3 is 2.24 bits per heavy atom. The molecule has 0 radical (unpaired) electrons. The smallest absolute Gasteiger partial charge is 0.328 e. The number of amides is 3. The molecular weight excluding hydrogens is 344 g/mol. The van der Waals surface area contributed by atoms with E-state index in [2.05, 4.69) is 10.1 Å². The van der Waals surface area contributed by atoms with Gasteiger partial charge in [-0.3, -0.25) is 19.3 Å². The summed E-state index contributed by atoms with van der Waals surface area (Å²) in [6, 6.07) is 4.62. The van der Waals surface area contributed by atoms with Crippen molar-refractivity contribution < 1.29 is 23.9 Å². The minimum Gasteiger partial charge on any atom is -0.467 e. The van der Waals surface area contributed by atoms with E-state index in [1.807, 2.05) is 6.26 Å². The number of methoxy groups -OCH3 is 1. The number of imide groups is 1. The van der Waals surface area contributed by atoms with Gasteiger partial charge in [0.15, 0.2) is 0 Å². The zero-order chi connectivity index (χ0) is 18.6. The number of rotatable bonds is 7. The summed E-state index contributed by atoms with van der Waals surface area (Å²) in [4.78, 5) is 50.4. The van der Waals surface area contributed by atoms with Gasteiger partial charge < -0.3 is 10.1 Å². The first kappa shape index (κ1) is 19.0. The van der Waals surface area contributed by atoms with Crippen molar-refractivity contribution in [1.29, 1.82) is 0 Å². The summed E-state index contributed by atoms with van der Waals surface area (Å²) >= 11 is 1.50. The van der Waals surface area contributed by atoms with E-state index in [4.69, 9.17) is 0 Å². The van der Waals surface area contributed by atoms with Gasteiger partial charge in [0.1, 0.15) is 12.1 Å². The molecule has 1 aliphatic rings. The fourth-order valence-electron chi connectivity index (χ4n) is 2.64. The molecule has 0 saturated heterocycles. The largest absolute Gasteiger partial charge is 0.467 e. The fraction of sp³-hybridized carbons (Fsp3) is 0.412. The number of carbonyl (C=O) groups is 4. The highest BCUT2D eigenvalue weighted by Gasteiger charge is 2.42. The van der Waals surface area contributed by atoms with E-state index < -0.39 is 35.8 Å². The molecule has 2 rings (SSSR count). The van der Waals surface area contributed by atoms with Crippen molar-refractivity contribution in [2.45, 2.75) is 25.4 Å². The lowest BCUT2D eigenvalue weighted by Crippen LogP contribution is -2.53. The Bertz CT molecular complexity index is 671. The third kappa shape index (κ3) is 3.84. The number of esters is 1. The summed E-state index contributed by atoms with van der Waals surface area (Å²) in [5, 5.41) is 2.52. The van der Waals surface area contributed by atoms with Gasteiger partial charge in [-0.05, 0) is 37.5 Å². The number of carbonyl (C=O) groups excluding carboxylic acids is 4. The average molecular weight is 364 g/mol. The van der Waals surface area contributed by atoms with Crippen molar-refractivity contribution in [2.75, 3.05) is 19.1 Å². The lowest BCUT2D eigenvalue weighted by Gasteiger charge is -2.26. The van der Waals surface area contributed by atoms with Crippen LogP contribution in [0.5, 0.6) is 0 Å². The van der Waals surface area contributed by atoms with Crippen molar-refractivity contribution in [3.8, 4) is 0 Å². The molecule has 7 nitrogen and oxygen atoms in total. The molecule has 0 saturated carbocycles. The molecular formula is C17H20N2O5S. The molecule has 0 fully saturated rings. The van der Waals surface area contributed by atoms with E-state index >= 15 is 0 Å². The van der Waals surface area contributed by atoms with Gasteiger partial charge in [-0.1, -0.05) is 12.1 Å². The molecule has 1 aromatic carbocycles. The molecule has 3 amide bonds. The zero-order valence-corrected chi connectivity index (χ0v) is 15.1. The van der Waals surface area contributed by atoms with Crippen molar-refractivity contribution >= 4 is 35.5 Å². The van der Waals surface area contributed by atoms with Crippen LogP contribution in [0.2, 0.25) is 0 Å². The van der Waals surface area contributed by atoms with Gasteiger partial charge >= 0.3 is 5.97 Å². The van der Waals surface area contributed by atoms with E-state index in [1.165, 1.54) is 25.8 Å². The normalized spacial score (nSPS) is 15.6. The Balaban J connectivity index is 2.26. The van der Waals surface area contributed by atoms with Crippen LogP contribution in [-0.4, -0.2) is 59.8 Å². The van der Waals surface area contributed by atoms with E-state index in [1.54, 1.807) is 24.3 Å². The van der Waals surface area contributed by atoms with Crippen LogP contribution in [-0.2, 0) is 14.3 Å². The molecule has 2 unspecified atom stereocenters. The number of benzene rings is 1. The fourth-order valence-corrected chi connectivity index (χ4v) is 3.10. The molecule has 1 aliphatic heterocycles. The maximum Gasteiger partial charge on any atom is 0.328 e. The Hall–Kier alpha value is -2.35. The molecule has 0 aliphatic carbocycles. The van der Waals surface area contributed by atoms with Crippen LogP contribution in [0.3, 0.4) is 0 Å². The summed E-state index contributed by atoms with van der Waals surface area (Å²) in [6.45, 7) is 1.48. The number of hydrogen-bond donors (Lipinski definition) is 1. The zero-order valence-electron chi connectivity index (χ0n) is 14.3. The molecule has 2 atom stereocenters. The van der Waals surface area contributed by atoms with Gasteiger partial charge in [0.25, 0.3) is 11.8 Å². The van der Waals surface area contributed by atoms with Crippen LogP contribution in [0.25, 0.3) is 0 Å². The number of nitrogens with zero attached hydrogens (tertiary/aromatic N) is 1. The number of fused-ring (bicyclic) bond motifs is 1. The summed E-state index contributed by atoms with van der Waals surface area (Å²) in [6.07, 6.45) is 2.17. The second kappa shape index (κ2) is 8.15. The Morgan fingerprint density at radius 2 is 1.76 bits per heavy atom. The van der Waals surface area contributed by atoms with Crippen LogP contribution in [0.4, 0.5) is 0 Å². The lowest BCUT2D eigenvalue weighted by atomic mass is 10.1. The van der Waals surface area contributed by atoms with Crippen molar-refractivity contribution in [3.05, 3.63) is 35.4 Å². The Morgan fingerprint density at radius 1 is 1.20 bits per heavy atom. The van der Waals surface area contributed by atoms with Crippen molar-refractivity contribution in [1.82, 2.24) is 10.2 Å². The highest BCUT2D eigenvalue weighted by molar-refractivity contribution is 7.98. The molecule has 0 spiro atoms. The second-order valence-electron chi connectivity index (χ2n) is 5.58. The molecule has 134 valence electrons. The summed E-state index contributed by atoms with van der Waals surface area (Å²) in [7, 11) is 1.22. The number of nitrogens with one attached hydrogen (secondary N) is 1. The lowest BCUT2D eigenvalue weighted by molar-refractivity contribution is -0.145. The summed E-state index contributed by atoms with van der Waals surface area (Å²) in [5.41, 5.74) is 0.575. The first-order valence-electron chi connectivity index (χ1n) is 7.76. The summed E-state index contributed by atoms with van der Waals surface area (Å²) in [5.74, 6) is -1.56. The van der Waals surface area contributed by atoms with Crippen LogP contribution in [0, 0.1) is 0 Å². The topological polar surface area (TPSA) is 92.8 Å². The van der Waals surface area contributed by atoms with Gasteiger partial charge in [-0.25, -0.2) is 4.79 Å². The predicted octanol–water partition coefficient (Wildman–Crippen LogP) is 1.08. The van der Waals surface area contributed by atoms with Crippen LogP contribution >= 0.6 is 11.8 Å². The van der Waals surface area contributed by atoms with E-state index in [-0.39, 0.29) is 11.1 Å². The van der Waals surface area contributed by atoms with Gasteiger partial charge in [0.05, 0.1) is 18.2 Å². The average Bonchev–Trinajstić information content (AvgIpc) is 2.86. The molecule has 0 bridgehead atoms. The van der Waals surface area contributed by atoms with Crippen LogP contribution in [0.15, 0.2) is 24.3 Å². The third-order valence-corrected chi connectivity index (χ3v) is 4.59. The molecule has 1 aromatic rings. The Kier molecular flexibility index (Phi) is 6.19. The third-order valence-electron chi connectivity index (χ3n) is 3.95.